The molecular formula is C15H11ClF2O2. The fourth-order valence-corrected chi connectivity index (χ4v) is 1.85. The number of Topliss-reactive ketones (excluding diaryl/α,β-unsaturated/α-hetero) is 1. The van der Waals surface area contributed by atoms with Crippen LogP contribution in [0.3, 0.4) is 0 Å². The summed E-state index contributed by atoms with van der Waals surface area (Å²) in [5.74, 6) is -2.16. The summed E-state index contributed by atoms with van der Waals surface area (Å²) in [6, 6.07) is 9.68. The van der Waals surface area contributed by atoms with E-state index in [0.29, 0.717) is 10.8 Å². The fourth-order valence-electron chi connectivity index (χ4n) is 1.67. The van der Waals surface area contributed by atoms with Gasteiger partial charge in [-0.05, 0) is 37.3 Å². The van der Waals surface area contributed by atoms with Gasteiger partial charge in [0.25, 0.3) is 0 Å². The van der Waals surface area contributed by atoms with Crippen LogP contribution in [-0.2, 0) is 0 Å². The molecule has 0 aliphatic rings. The van der Waals surface area contributed by atoms with Gasteiger partial charge in [0.2, 0.25) is 5.78 Å². The van der Waals surface area contributed by atoms with E-state index in [1.165, 1.54) is 13.0 Å². The predicted octanol–water partition coefficient (Wildman–Crippen LogP) is 4.27. The second-order valence-corrected chi connectivity index (χ2v) is 4.59. The Balaban J connectivity index is 2.16. The van der Waals surface area contributed by atoms with Crippen LogP contribution in [0, 0.1) is 11.6 Å². The van der Waals surface area contributed by atoms with Gasteiger partial charge in [-0.1, -0.05) is 23.7 Å². The first kappa shape index (κ1) is 14.5. The molecule has 0 aliphatic heterocycles. The molecule has 0 amide bonds. The SMILES string of the molecule is CC(Oc1ccccc1Cl)C(=O)c1ccc(F)c(F)c1. The maximum atomic E-state index is 13.1. The van der Waals surface area contributed by atoms with Crippen molar-refractivity contribution in [2.24, 2.45) is 0 Å². The van der Waals surface area contributed by atoms with E-state index in [2.05, 4.69) is 0 Å². The topological polar surface area (TPSA) is 26.3 Å². The Morgan fingerprint density at radius 2 is 1.85 bits per heavy atom. The summed E-state index contributed by atoms with van der Waals surface area (Å²) in [6.07, 6.45) is -0.861. The number of para-hydroxylation sites is 1. The van der Waals surface area contributed by atoms with Crippen LogP contribution in [0.2, 0.25) is 5.02 Å². The lowest BCUT2D eigenvalue weighted by atomic mass is 10.1. The standard InChI is InChI=1S/C15H11ClF2O2/c1-9(20-14-5-3-2-4-11(14)16)15(19)10-6-7-12(17)13(18)8-10/h2-9H,1H3. The van der Waals surface area contributed by atoms with Crippen molar-refractivity contribution >= 4 is 17.4 Å². The second-order valence-electron chi connectivity index (χ2n) is 4.18. The maximum Gasteiger partial charge on any atom is 0.203 e. The third kappa shape index (κ3) is 3.14. The molecule has 5 heteroatoms. The Labute approximate surface area is 119 Å². The number of ketones is 1. The van der Waals surface area contributed by atoms with Gasteiger partial charge in [0.1, 0.15) is 5.75 Å². The summed E-state index contributed by atoms with van der Waals surface area (Å²) >= 11 is 5.92. The molecule has 20 heavy (non-hydrogen) atoms. The molecule has 0 radical (unpaired) electrons. The van der Waals surface area contributed by atoms with Crippen molar-refractivity contribution in [1.82, 2.24) is 0 Å². The number of carbonyl (C=O) groups is 1. The molecule has 0 bridgehead atoms. The molecule has 2 aromatic rings. The van der Waals surface area contributed by atoms with E-state index in [1.54, 1.807) is 24.3 Å². The summed E-state index contributed by atoms with van der Waals surface area (Å²) in [4.78, 5) is 12.1. The van der Waals surface area contributed by atoms with E-state index >= 15 is 0 Å². The second kappa shape index (κ2) is 6.01. The van der Waals surface area contributed by atoms with E-state index in [1.807, 2.05) is 0 Å². The van der Waals surface area contributed by atoms with Crippen LogP contribution in [-0.4, -0.2) is 11.9 Å². The third-order valence-electron chi connectivity index (χ3n) is 2.71. The number of hydrogen-bond donors (Lipinski definition) is 0. The third-order valence-corrected chi connectivity index (χ3v) is 3.03. The van der Waals surface area contributed by atoms with E-state index in [4.69, 9.17) is 16.3 Å². The highest BCUT2D eigenvalue weighted by atomic mass is 35.5. The van der Waals surface area contributed by atoms with Crippen LogP contribution in [0.25, 0.3) is 0 Å². The molecule has 0 aliphatic carbocycles. The van der Waals surface area contributed by atoms with Crippen LogP contribution in [0.15, 0.2) is 42.5 Å². The molecule has 1 atom stereocenters. The molecule has 0 heterocycles. The van der Waals surface area contributed by atoms with E-state index < -0.39 is 23.5 Å². The van der Waals surface area contributed by atoms with Gasteiger partial charge in [0.15, 0.2) is 17.7 Å². The summed E-state index contributed by atoms with van der Waals surface area (Å²) < 4.78 is 31.4. The minimum absolute atomic E-state index is 0.0449. The van der Waals surface area contributed by atoms with Gasteiger partial charge in [0.05, 0.1) is 5.02 Å². The Hall–Kier alpha value is -1.94. The Bertz CT molecular complexity index is 644. The number of ether oxygens (including phenoxy) is 1. The van der Waals surface area contributed by atoms with Gasteiger partial charge in [-0.25, -0.2) is 8.78 Å². The summed E-state index contributed by atoms with van der Waals surface area (Å²) in [5.41, 5.74) is 0.0449. The van der Waals surface area contributed by atoms with Crippen molar-refractivity contribution in [3.63, 3.8) is 0 Å². The van der Waals surface area contributed by atoms with E-state index in [9.17, 15) is 13.6 Å². The summed E-state index contributed by atoms with van der Waals surface area (Å²) in [5, 5.41) is 0.373. The van der Waals surface area contributed by atoms with Gasteiger partial charge in [-0.2, -0.15) is 0 Å². The van der Waals surface area contributed by atoms with Gasteiger partial charge in [-0.3, -0.25) is 4.79 Å². The fraction of sp³-hybridized carbons (Fsp3) is 0.133. The van der Waals surface area contributed by atoms with E-state index in [-0.39, 0.29) is 5.56 Å². The molecule has 2 rings (SSSR count). The number of carbonyl (C=O) groups excluding carboxylic acids is 1. The molecule has 0 saturated heterocycles. The smallest absolute Gasteiger partial charge is 0.203 e. The number of rotatable bonds is 4. The van der Waals surface area contributed by atoms with Crippen LogP contribution in [0.1, 0.15) is 17.3 Å². The molecule has 0 N–H and O–H groups in total. The van der Waals surface area contributed by atoms with Gasteiger partial charge in [0, 0.05) is 5.56 Å². The molecule has 0 spiro atoms. The van der Waals surface area contributed by atoms with E-state index in [0.717, 1.165) is 12.1 Å². The zero-order valence-electron chi connectivity index (χ0n) is 10.6. The van der Waals surface area contributed by atoms with Crippen LogP contribution in [0.5, 0.6) is 5.75 Å². The normalized spacial score (nSPS) is 12.0. The van der Waals surface area contributed by atoms with Gasteiger partial charge < -0.3 is 4.74 Å². The zero-order valence-corrected chi connectivity index (χ0v) is 11.3. The highest BCUT2D eigenvalue weighted by molar-refractivity contribution is 6.32. The van der Waals surface area contributed by atoms with Crippen molar-refractivity contribution < 1.29 is 18.3 Å². The molecule has 2 aromatic carbocycles. The molecule has 104 valence electrons. The highest BCUT2D eigenvalue weighted by Crippen LogP contribution is 2.25. The maximum absolute atomic E-state index is 13.1. The molecule has 2 nitrogen and oxygen atoms in total. The first-order valence-electron chi connectivity index (χ1n) is 5.89. The lowest BCUT2D eigenvalue weighted by Crippen LogP contribution is -2.24. The Morgan fingerprint density at radius 3 is 2.50 bits per heavy atom. The first-order valence-corrected chi connectivity index (χ1v) is 6.27. The van der Waals surface area contributed by atoms with Crippen molar-refractivity contribution in [2.75, 3.05) is 0 Å². The minimum Gasteiger partial charge on any atom is -0.481 e. The summed E-state index contributed by atoms with van der Waals surface area (Å²) in [7, 11) is 0. The van der Waals surface area contributed by atoms with Gasteiger partial charge >= 0.3 is 0 Å². The van der Waals surface area contributed by atoms with Gasteiger partial charge in [-0.15, -0.1) is 0 Å². The summed E-state index contributed by atoms with van der Waals surface area (Å²) in [6.45, 7) is 1.52. The number of hydrogen-bond acceptors (Lipinski definition) is 2. The zero-order chi connectivity index (χ0) is 14.7. The van der Waals surface area contributed by atoms with Crippen LogP contribution < -0.4 is 4.74 Å². The van der Waals surface area contributed by atoms with Crippen LogP contribution >= 0.6 is 11.6 Å². The average Bonchev–Trinajstić information content (AvgIpc) is 2.43. The predicted molar refractivity (Wildman–Crippen MR) is 72.2 cm³/mol. The molecular weight excluding hydrogens is 286 g/mol. The van der Waals surface area contributed by atoms with Crippen molar-refractivity contribution in [1.29, 1.82) is 0 Å². The quantitative estimate of drug-likeness (QED) is 0.788. The van der Waals surface area contributed by atoms with Crippen molar-refractivity contribution in [3.8, 4) is 5.75 Å². The Morgan fingerprint density at radius 1 is 1.15 bits per heavy atom. The molecule has 0 aromatic heterocycles. The number of halogens is 3. The molecule has 0 saturated carbocycles. The minimum atomic E-state index is -1.07. The number of benzene rings is 2. The molecule has 1 unspecified atom stereocenters. The largest absolute Gasteiger partial charge is 0.481 e. The Kier molecular flexibility index (Phi) is 4.35. The average molecular weight is 297 g/mol. The first-order chi connectivity index (χ1) is 9.49. The highest BCUT2D eigenvalue weighted by Gasteiger charge is 2.19. The monoisotopic (exact) mass is 296 g/mol. The van der Waals surface area contributed by atoms with Crippen molar-refractivity contribution in [2.45, 2.75) is 13.0 Å². The van der Waals surface area contributed by atoms with Crippen molar-refractivity contribution in [3.05, 3.63) is 64.7 Å². The lowest BCUT2D eigenvalue weighted by molar-refractivity contribution is 0.0817. The van der Waals surface area contributed by atoms with Crippen LogP contribution in [0.4, 0.5) is 8.78 Å². The lowest BCUT2D eigenvalue weighted by Gasteiger charge is -2.14. The molecule has 0 fully saturated rings.